The molecule has 0 unspecified atom stereocenters. The predicted molar refractivity (Wildman–Crippen MR) is 45.2 cm³/mol. The Morgan fingerprint density at radius 3 is 2.82 bits per heavy atom. The van der Waals surface area contributed by atoms with Gasteiger partial charge in [-0.2, -0.15) is 0 Å². The van der Waals surface area contributed by atoms with Gasteiger partial charge in [-0.15, -0.1) is 11.6 Å². The highest BCUT2D eigenvalue weighted by molar-refractivity contribution is 6.17. The summed E-state index contributed by atoms with van der Waals surface area (Å²) in [6.07, 6.45) is 2.51. The summed E-state index contributed by atoms with van der Waals surface area (Å²) < 4.78 is 4.95. The number of alkyl halides is 1. The van der Waals surface area contributed by atoms with Gasteiger partial charge >= 0.3 is 0 Å². The Morgan fingerprint density at radius 1 is 1.55 bits per heavy atom. The van der Waals surface area contributed by atoms with Gasteiger partial charge in [-0.25, -0.2) is 0 Å². The Kier molecular flexibility index (Phi) is 3.17. The van der Waals surface area contributed by atoms with E-state index in [-0.39, 0.29) is 0 Å². The van der Waals surface area contributed by atoms with Crippen molar-refractivity contribution in [1.29, 1.82) is 0 Å². The molecule has 60 valence electrons. The molecule has 1 aromatic heterocycles. The van der Waals surface area contributed by atoms with Crippen LogP contribution in [0.3, 0.4) is 0 Å². The van der Waals surface area contributed by atoms with Crippen LogP contribution < -0.4 is 4.74 Å². The second-order valence-corrected chi connectivity index (χ2v) is 2.51. The lowest BCUT2D eigenvalue weighted by Crippen LogP contribution is -1.91. The average Bonchev–Trinajstić information content (AvgIpc) is 2.07. The fourth-order valence-corrected chi connectivity index (χ4v) is 0.970. The van der Waals surface area contributed by atoms with E-state index in [1.807, 2.05) is 12.1 Å². The van der Waals surface area contributed by atoms with Gasteiger partial charge in [0.1, 0.15) is 5.75 Å². The molecule has 0 saturated carbocycles. The third kappa shape index (κ3) is 2.39. The van der Waals surface area contributed by atoms with Crippen LogP contribution in [0, 0.1) is 0 Å². The van der Waals surface area contributed by atoms with Crippen LogP contribution in [0.1, 0.15) is 5.69 Å². The Bertz CT molecular complexity index is 210. The highest BCUT2D eigenvalue weighted by Crippen LogP contribution is 2.08. The molecular weight excluding hydrogens is 162 g/mol. The van der Waals surface area contributed by atoms with Crippen LogP contribution in [0.5, 0.6) is 5.75 Å². The fraction of sp³-hybridized carbons (Fsp3) is 0.375. The predicted octanol–water partition coefficient (Wildman–Crippen LogP) is 1.87. The fourth-order valence-electron chi connectivity index (χ4n) is 0.776. The Hall–Kier alpha value is -0.760. The second-order valence-electron chi connectivity index (χ2n) is 2.13. The van der Waals surface area contributed by atoms with Crippen LogP contribution in [0.4, 0.5) is 0 Å². The van der Waals surface area contributed by atoms with Crippen LogP contribution in [0.15, 0.2) is 18.3 Å². The molecule has 0 fully saturated rings. The molecule has 11 heavy (non-hydrogen) atoms. The number of aromatic nitrogens is 1. The lowest BCUT2D eigenvalue weighted by molar-refractivity contribution is 0.412. The van der Waals surface area contributed by atoms with Gasteiger partial charge in [-0.05, 0) is 12.1 Å². The zero-order valence-electron chi connectivity index (χ0n) is 6.38. The smallest absolute Gasteiger partial charge is 0.137 e. The van der Waals surface area contributed by atoms with Crippen molar-refractivity contribution in [3.05, 3.63) is 24.0 Å². The van der Waals surface area contributed by atoms with Gasteiger partial charge in [0.2, 0.25) is 0 Å². The summed E-state index contributed by atoms with van der Waals surface area (Å²) in [5.74, 6) is 1.39. The topological polar surface area (TPSA) is 22.1 Å². The van der Waals surface area contributed by atoms with Crippen LogP contribution in [0.2, 0.25) is 0 Å². The van der Waals surface area contributed by atoms with Gasteiger partial charge in [-0.3, -0.25) is 4.98 Å². The van der Waals surface area contributed by atoms with Crippen molar-refractivity contribution in [2.45, 2.75) is 6.42 Å². The summed E-state index contributed by atoms with van der Waals surface area (Å²) in [5.41, 5.74) is 1.00. The zero-order valence-corrected chi connectivity index (χ0v) is 7.14. The van der Waals surface area contributed by atoms with Crippen molar-refractivity contribution >= 4 is 11.6 Å². The van der Waals surface area contributed by atoms with Gasteiger partial charge in [0, 0.05) is 18.0 Å². The molecular formula is C8H10ClNO. The summed E-state index contributed by atoms with van der Waals surface area (Å²) in [7, 11) is 1.62. The molecule has 0 aliphatic heterocycles. The van der Waals surface area contributed by atoms with E-state index in [1.54, 1.807) is 13.3 Å². The van der Waals surface area contributed by atoms with E-state index < -0.39 is 0 Å². The Labute approximate surface area is 71.2 Å². The van der Waals surface area contributed by atoms with Crippen LogP contribution in [0.25, 0.3) is 0 Å². The van der Waals surface area contributed by atoms with Crippen molar-refractivity contribution in [3.8, 4) is 5.75 Å². The lowest BCUT2D eigenvalue weighted by atomic mass is 10.3. The molecule has 0 spiro atoms. The van der Waals surface area contributed by atoms with Gasteiger partial charge in [0.15, 0.2) is 0 Å². The molecule has 0 N–H and O–H groups in total. The third-order valence-corrected chi connectivity index (χ3v) is 1.57. The molecule has 1 rings (SSSR count). The Balaban J connectivity index is 2.66. The quantitative estimate of drug-likeness (QED) is 0.648. The molecule has 0 aliphatic carbocycles. The van der Waals surface area contributed by atoms with Crippen molar-refractivity contribution in [2.24, 2.45) is 0 Å². The first-order chi connectivity index (χ1) is 5.36. The van der Waals surface area contributed by atoms with Gasteiger partial charge in [0.05, 0.1) is 13.3 Å². The highest BCUT2D eigenvalue weighted by atomic mass is 35.5. The van der Waals surface area contributed by atoms with Gasteiger partial charge < -0.3 is 4.74 Å². The van der Waals surface area contributed by atoms with Crippen molar-refractivity contribution in [1.82, 2.24) is 4.98 Å². The maximum Gasteiger partial charge on any atom is 0.137 e. The summed E-state index contributed by atoms with van der Waals surface area (Å²) in [6, 6.07) is 3.80. The molecule has 3 heteroatoms. The molecule has 0 bridgehead atoms. The molecule has 0 aliphatic rings. The van der Waals surface area contributed by atoms with Crippen LogP contribution in [-0.2, 0) is 6.42 Å². The van der Waals surface area contributed by atoms with Crippen molar-refractivity contribution < 1.29 is 4.74 Å². The normalized spacial score (nSPS) is 9.64. The minimum Gasteiger partial charge on any atom is -0.495 e. The number of nitrogens with zero attached hydrogens (tertiary/aromatic N) is 1. The first-order valence-electron chi connectivity index (χ1n) is 3.41. The number of halogens is 1. The molecule has 0 radical (unpaired) electrons. The van der Waals surface area contributed by atoms with E-state index in [2.05, 4.69) is 4.98 Å². The first-order valence-corrected chi connectivity index (χ1v) is 3.95. The number of pyridine rings is 1. The van der Waals surface area contributed by atoms with E-state index in [0.29, 0.717) is 5.88 Å². The molecule has 2 nitrogen and oxygen atoms in total. The highest BCUT2D eigenvalue weighted by Gasteiger charge is 1.93. The number of hydrogen-bond donors (Lipinski definition) is 0. The third-order valence-electron chi connectivity index (χ3n) is 1.38. The summed E-state index contributed by atoms with van der Waals surface area (Å²) in [5, 5.41) is 0. The van der Waals surface area contributed by atoms with Gasteiger partial charge in [-0.1, -0.05) is 0 Å². The number of ether oxygens (including phenoxy) is 1. The monoisotopic (exact) mass is 171 g/mol. The van der Waals surface area contributed by atoms with E-state index >= 15 is 0 Å². The number of aryl methyl sites for hydroxylation is 1. The minimum absolute atomic E-state index is 0.610. The molecule has 0 amide bonds. The van der Waals surface area contributed by atoms with E-state index in [4.69, 9.17) is 16.3 Å². The maximum atomic E-state index is 5.54. The van der Waals surface area contributed by atoms with E-state index in [0.717, 1.165) is 17.9 Å². The van der Waals surface area contributed by atoms with Crippen LogP contribution >= 0.6 is 11.6 Å². The largest absolute Gasteiger partial charge is 0.495 e. The maximum absolute atomic E-state index is 5.54. The van der Waals surface area contributed by atoms with E-state index in [1.165, 1.54) is 0 Å². The van der Waals surface area contributed by atoms with Crippen molar-refractivity contribution in [2.75, 3.05) is 13.0 Å². The minimum atomic E-state index is 0.610. The molecule has 0 saturated heterocycles. The van der Waals surface area contributed by atoms with Gasteiger partial charge in [0.25, 0.3) is 0 Å². The number of methoxy groups -OCH3 is 1. The van der Waals surface area contributed by atoms with Crippen LogP contribution in [-0.4, -0.2) is 18.0 Å². The summed E-state index contributed by atoms with van der Waals surface area (Å²) in [6.45, 7) is 0. The molecule has 1 aromatic rings. The average molecular weight is 172 g/mol. The number of rotatable bonds is 3. The summed E-state index contributed by atoms with van der Waals surface area (Å²) in [4.78, 5) is 4.13. The Morgan fingerprint density at radius 2 is 2.36 bits per heavy atom. The SMILES string of the molecule is COc1ccc(CCCl)nc1. The van der Waals surface area contributed by atoms with E-state index in [9.17, 15) is 0 Å². The second kappa shape index (κ2) is 4.19. The zero-order chi connectivity index (χ0) is 8.10. The lowest BCUT2D eigenvalue weighted by Gasteiger charge is -1.99. The number of hydrogen-bond acceptors (Lipinski definition) is 2. The molecule has 0 aromatic carbocycles. The molecule has 0 atom stereocenters. The van der Waals surface area contributed by atoms with Crippen molar-refractivity contribution in [3.63, 3.8) is 0 Å². The standard InChI is InChI=1S/C8H10ClNO/c1-11-8-3-2-7(4-5-9)10-6-8/h2-3,6H,4-5H2,1H3. The summed E-state index contributed by atoms with van der Waals surface area (Å²) >= 11 is 5.54. The first kappa shape index (κ1) is 8.34. The molecule has 1 heterocycles.